The van der Waals surface area contributed by atoms with E-state index in [0.29, 0.717) is 22.4 Å². The third-order valence-electron chi connectivity index (χ3n) is 3.22. The molecule has 1 aromatic carbocycles. The number of halogens is 1. The lowest BCUT2D eigenvalue weighted by molar-refractivity contribution is 0.435. The zero-order valence-electron chi connectivity index (χ0n) is 9.03. The molecule has 1 aliphatic heterocycles. The molecule has 0 unspecified atom stereocenters. The maximum Gasteiger partial charge on any atom is 0.200 e. The van der Waals surface area contributed by atoms with Gasteiger partial charge in [-0.25, -0.2) is 4.98 Å². The lowest BCUT2D eigenvalue weighted by atomic mass is 9.98. The third-order valence-corrected chi connectivity index (χ3v) is 3.52. The van der Waals surface area contributed by atoms with E-state index < -0.39 is 0 Å². The van der Waals surface area contributed by atoms with Crippen LogP contribution < -0.4 is 5.32 Å². The number of nitrogens with zero attached hydrogens (tertiary/aromatic N) is 1. The maximum absolute atomic E-state index is 6.06. The Kier molecular flexibility index (Phi) is 2.37. The quantitative estimate of drug-likeness (QED) is 0.828. The van der Waals surface area contributed by atoms with Gasteiger partial charge in [-0.2, -0.15) is 0 Å². The molecular weight excluding hydrogens is 224 g/mol. The molecule has 2 heterocycles. The largest absolute Gasteiger partial charge is 0.439 e. The zero-order valence-corrected chi connectivity index (χ0v) is 9.79. The molecule has 84 valence electrons. The van der Waals surface area contributed by atoms with E-state index in [1.807, 2.05) is 18.2 Å². The van der Waals surface area contributed by atoms with Crippen LogP contribution in [0.25, 0.3) is 11.1 Å². The van der Waals surface area contributed by atoms with Crippen LogP contribution in [-0.2, 0) is 0 Å². The summed E-state index contributed by atoms with van der Waals surface area (Å²) in [5.74, 6) is 1.73. The van der Waals surface area contributed by atoms with Crippen molar-refractivity contribution < 1.29 is 4.42 Å². The van der Waals surface area contributed by atoms with Crippen molar-refractivity contribution in [2.24, 2.45) is 5.92 Å². The van der Waals surface area contributed by atoms with Gasteiger partial charge in [-0.1, -0.05) is 24.6 Å². The summed E-state index contributed by atoms with van der Waals surface area (Å²) in [6.07, 6.45) is 0. The number of benzene rings is 1. The van der Waals surface area contributed by atoms with Crippen molar-refractivity contribution in [3.63, 3.8) is 0 Å². The summed E-state index contributed by atoms with van der Waals surface area (Å²) in [6, 6.07) is 5.66. The van der Waals surface area contributed by atoms with Crippen molar-refractivity contribution in [1.29, 1.82) is 0 Å². The van der Waals surface area contributed by atoms with Gasteiger partial charge in [-0.15, -0.1) is 0 Å². The monoisotopic (exact) mass is 236 g/mol. The number of rotatable bonds is 1. The summed E-state index contributed by atoms with van der Waals surface area (Å²) in [4.78, 5) is 4.51. The molecule has 2 aromatic rings. The number of hydrogen-bond acceptors (Lipinski definition) is 3. The Balaban J connectivity index is 2.08. The van der Waals surface area contributed by atoms with Gasteiger partial charge in [0.05, 0.1) is 10.9 Å². The van der Waals surface area contributed by atoms with E-state index >= 15 is 0 Å². The standard InChI is InChI=1S/C12H13ClN2O/c1-7-5-14-6-8(7)12-15-10-4-2-3-9(13)11(10)16-12/h2-4,7-8,14H,5-6H2,1H3/t7-,8-/m1/s1. The van der Waals surface area contributed by atoms with Gasteiger partial charge in [-0.05, 0) is 24.6 Å². The highest BCUT2D eigenvalue weighted by atomic mass is 35.5. The Labute approximate surface area is 98.8 Å². The number of hydrogen-bond donors (Lipinski definition) is 1. The van der Waals surface area contributed by atoms with Crippen LogP contribution in [0.4, 0.5) is 0 Å². The smallest absolute Gasteiger partial charge is 0.200 e. The molecular formula is C12H13ClN2O. The third kappa shape index (κ3) is 1.51. The predicted octanol–water partition coefficient (Wildman–Crippen LogP) is 2.80. The normalized spacial score (nSPS) is 25.4. The Morgan fingerprint density at radius 3 is 3.00 bits per heavy atom. The van der Waals surface area contributed by atoms with E-state index in [1.54, 1.807) is 0 Å². The second-order valence-electron chi connectivity index (χ2n) is 4.38. The van der Waals surface area contributed by atoms with Gasteiger partial charge < -0.3 is 9.73 Å². The predicted molar refractivity (Wildman–Crippen MR) is 63.8 cm³/mol. The van der Waals surface area contributed by atoms with Gasteiger partial charge in [0.25, 0.3) is 0 Å². The maximum atomic E-state index is 6.06. The average Bonchev–Trinajstić information content (AvgIpc) is 2.84. The van der Waals surface area contributed by atoms with E-state index in [9.17, 15) is 0 Å². The van der Waals surface area contributed by atoms with Crippen LogP contribution in [-0.4, -0.2) is 18.1 Å². The highest BCUT2D eigenvalue weighted by molar-refractivity contribution is 6.34. The molecule has 16 heavy (non-hydrogen) atoms. The van der Waals surface area contributed by atoms with Crippen LogP contribution in [0, 0.1) is 5.92 Å². The first-order valence-electron chi connectivity index (χ1n) is 5.51. The fourth-order valence-electron chi connectivity index (χ4n) is 2.23. The summed E-state index contributed by atoms with van der Waals surface area (Å²) in [5, 5.41) is 3.98. The fraction of sp³-hybridized carbons (Fsp3) is 0.417. The molecule has 0 amide bonds. The topological polar surface area (TPSA) is 38.1 Å². The molecule has 0 spiro atoms. The van der Waals surface area contributed by atoms with Crippen LogP contribution in [0.2, 0.25) is 5.02 Å². The first kappa shape index (κ1) is 10.1. The lowest BCUT2D eigenvalue weighted by Gasteiger charge is -2.08. The molecule has 0 aliphatic carbocycles. The molecule has 1 saturated heterocycles. The number of fused-ring (bicyclic) bond motifs is 1. The van der Waals surface area contributed by atoms with E-state index in [4.69, 9.17) is 16.0 Å². The van der Waals surface area contributed by atoms with Crippen LogP contribution in [0.15, 0.2) is 22.6 Å². The SMILES string of the molecule is C[C@@H]1CNC[C@H]1c1nc2cccc(Cl)c2o1. The Morgan fingerprint density at radius 2 is 2.31 bits per heavy atom. The number of para-hydroxylation sites is 1. The van der Waals surface area contributed by atoms with Crippen LogP contribution in [0.1, 0.15) is 18.7 Å². The van der Waals surface area contributed by atoms with Crippen molar-refractivity contribution in [2.45, 2.75) is 12.8 Å². The molecule has 0 saturated carbocycles. The number of oxazole rings is 1. The molecule has 1 aromatic heterocycles. The zero-order chi connectivity index (χ0) is 11.1. The van der Waals surface area contributed by atoms with E-state index in [0.717, 1.165) is 24.5 Å². The van der Waals surface area contributed by atoms with Gasteiger partial charge in [0.15, 0.2) is 11.5 Å². The van der Waals surface area contributed by atoms with Crippen molar-refractivity contribution in [3.8, 4) is 0 Å². The second kappa shape index (κ2) is 3.75. The molecule has 3 nitrogen and oxygen atoms in total. The Hall–Kier alpha value is -1.06. The molecule has 1 aliphatic rings. The van der Waals surface area contributed by atoms with Crippen molar-refractivity contribution >= 4 is 22.7 Å². The van der Waals surface area contributed by atoms with Gasteiger partial charge in [-0.3, -0.25) is 0 Å². The van der Waals surface area contributed by atoms with Crippen molar-refractivity contribution in [2.75, 3.05) is 13.1 Å². The van der Waals surface area contributed by atoms with Crippen LogP contribution in [0.3, 0.4) is 0 Å². The molecule has 2 atom stereocenters. The van der Waals surface area contributed by atoms with Crippen LogP contribution in [0.5, 0.6) is 0 Å². The van der Waals surface area contributed by atoms with E-state index in [1.165, 1.54) is 0 Å². The van der Waals surface area contributed by atoms with Crippen molar-refractivity contribution in [1.82, 2.24) is 10.3 Å². The first-order chi connectivity index (χ1) is 7.75. The highest BCUT2D eigenvalue weighted by Gasteiger charge is 2.29. The first-order valence-corrected chi connectivity index (χ1v) is 5.89. The van der Waals surface area contributed by atoms with Gasteiger partial charge in [0.2, 0.25) is 0 Å². The molecule has 3 rings (SSSR count). The van der Waals surface area contributed by atoms with Gasteiger partial charge in [0, 0.05) is 6.54 Å². The van der Waals surface area contributed by atoms with E-state index in [-0.39, 0.29) is 0 Å². The van der Waals surface area contributed by atoms with Gasteiger partial charge >= 0.3 is 0 Å². The number of aromatic nitrogens is 1. The Morgan fingerprint density at radius 1 is 1.44 bits per heavy atom. The highest BCUT2D eigenvalue weighted by Crippen LogP contribution is 2.31. The molecule has 0 radical (unpaired) electrons. The summed E-state index contributed by atoms with van der Waals surface area (Å²) >= 11 is 6.06. The average molecular weight is 237 g/mol. The molecule has 1 N–H and O–H groups in total. The molecule has 4 heteroatoms. The summed E-state index contributed by atoms with van der Waals surface area (Å²) in [5.41, 5.74) is 1.56. The summed E-state index contributed by atoms with van der Waals surface area (Å²) in [6.45, 7) is 4.17. The van der Waals surface area contributed by atoms with Gasteiger partial charge in [0.1, 0.15) is 5.52 Å². The number of nitrogens with one attached hydrogen (secondary N) is 1. The lowest BCUT2D eigenvalue weighted by Crippen LogP contribution is -2.08. The Bertz CT molecular complexity index is 523. The second-order valence-corrected chi connectivity index (χ2v) is 4.79. The summed E-state index contributed by atoms with van der Waals surface area (Å²) in [7, 11) is 0. The minimum Gasteiger partial charge on any atom is -0.439 e. The molecule has 0 bridgehead atoms. The van der Waals surface area contributed by atoms with Crippen LogP contribution >= 0.6 is 11.6 Å². The van der Waals surface area contributed by atoms with Crippen molar-refractivity contribution in [3.05, 3.63) is 29.1 Å². The fourth-order valence-corrected chi connectivity index (χ4v) is 2.44. The molecule has 1 fully saturated rings. The summed E-state index contributed by atoms with van der Waals surface area (Å²) < 4.78 is 5.77. The minimum atomic E-state index is 0.364. The van der Waals surface area contributed by atoms with E-state index in [2.05, 4.69) is 17.2 Å². The minimum absolute atomic E-state index is 0.364.